The highest BCUT2D eigenvalue weighted by atomic mass is 35.5. The third-order valence-corrected chi connectivity index (χ3v) is 2.80. The van der Waals surface area contributed by atoms with Crippen molar-refractivity contribution in [1.82, 2.24) is 0 Å². The summed E-state index contributed by atoms with van der Waals surface area (Å²) in [4.78, 5) is 11.1. The molecule has 0 aromatic heterocycles. The highest BCUT2D eigenvalue weighted by Gasteiger charge is 2.24. The van der Waals surface area contributed by atoms with Gasteiger partial charge in [0.05, 0.1) is 13.2 Å². The number of methoxy groups -OCH3 is 1. The van der Waals surface area contributed by atoms with Gasteiger partial charge in [-0.2, -0.15) is 0 Å². The van der Waals surface area contributed by atoms with Gasteiger partial charge in [0.1, 0.15) is 0 Å². The van der Waals surface area contributed by atoms with Crippen LogP contribution >= 0.6 is 11.6 Å². The van der Waals surface area contributed by atoms with Gasteiger partial charge in [0.15, 0.2) is 5.38 Å². The lowest BCUT2D eigenvalue weighted by molar-refractivity contribution is -0.142. The van der Waals surface area contributed by atoms with Crippen molar-refractivity contribution >= 4 is 17.6 Å². The van der Waals surface area contributed by atoms with Crippen LogP contribution in [-0.2, 0) is 16.0 Å². The summed E-state index contributed by atoms with van der Waals surface area (Å²) in [5, 5.41) is 8.66. The summed E-state index contributed by atoms with van der Waals surface area (Å²) < 4.78 is 4.45. The lowest BCUT2D eigenvalue weighted by Gasteiger charge is -2.14. The van der Waals surface area contributed by atoms with Gasteiger partial charge < -0.3 is 9.84 Å². The van der Waals surface area contributed by atoms with Crippen LogP contribution in [0.4, 0.5) is 0 Å². The summed E-state index contributed by atoms with van der Waals surface area (Å²) in [6.45, 7) is 0. The fraction of sp³-hybridized carbons (Fsp3) is 0.417. The highest BCUT2D eigenvalue weighted by molar-refractivity contribution is 6.30. The van der Waals surface area contributed by atoms with Crippen LogP contribution in [0.5, 0.6) is 0 Å². The van der Waals surface area contributed by atoms with Crippen LogP contribution in [0.15, 0.2) is 30.3 Å². The van der Waals surface area contributed by atoms with Gasteiger partial charge in [-0.05, 0) is 18.4 Å². The quantitative estimate of drug-likeness (QED) is 0.632. The standard InChI is InChI=1S/C12H15ClO3/c1-16-12(15)11(13)10(14)8-7-9-5-3-2-4-6-9/h2-6,10-11,14H,7-8H2,1H3. The molecule has 1 rings (SSSR count). The van der Waals surface area contributed by atoms with Crippen LogP contribution in [0.3, 0.4) is 0 Å². The number of alkyl halides is 1. The molecule has 1 aromatic rings. The van der Waals surface area contributed by atoms with E-state index in [0.717, 1.165) is 5.56 Å². The van der Waals surface area contributed by atoms with E-state index >= 15 is 0 Å². The van der Waals surface area contributed by atoms with E-state index in [1.165, 1.54) is 7.11 Å². The number of aliphatic hydroxyl groups excluding tert-OH is 1. The average Bonchev–Trinajstić information content (AvgIpc) is 2.35. The number of rotatable bonds is 5. The average molecular weight is 243 g/mol. The van der Waals surface area contributed by atoms with Gasteiger partial charge >= 0.3 is 5.97 Å². The number of carbonyl (C=O) groups is 1. The van der Waals surface area contributed by atoms with Crippen molar-refractivity contribution < 1.29 is 14.6 Å². The van der Waals surface area contributed by atoms with Gasteiger partial charge in [-0.1, -0.05) is 30.3 Å². The van der Waals surface area contributed by atoms with Crippen molar-refractivity contribution in [3.8, 4) is 0 Å². The highest BCUT2D eigenvalue weighted by Crippen LogP contribution is 2.12. The zero-order chi connectivity index (χ0) is 12.0. The Kier molecular flexibility index (Phi) is 5.29. The van der Waals surface area contributed by atoms with E-state index in [1.54, 1.807) is 0 Å². The molecule has 0 saturated heterocycles. The van der Waals surface area contributed by atoms with Gasteiger partial charge in [0.2, 0.25) is 0 Å². The van der Waals surface area contributed by atoms with Crippen molar-refractivity contribution in [2.45, 2.75) is 24.3 Å². The Morgan fingerprint density at radius 1 is 1.44 bits per heavy atom. The third kappa shape index (κ3) is 3.83. The number of ether oxygens (including phenoxy) is 1. The number of aliphatic hydroxyl groups is 1. The molecule has 4 heteroatoms. The van der Waals surface area contributed by atoms with Crippen LogP contribution < -0.4 is 0 Å². The predicted molar refractivity (Wildman–Crippen MR) is 62.4 cm³/mol. The maximum absolute atomic E-state index is 11.1. The van der Waals surface area contributed by atoms with Gasteiger partial charge in [-0.3, -0.25) is 4.79 Å². The zero-order valence-electron chi connectivity index (χ0n) is 9.10. The first kappa shape index (κ1) is 13.0. The van der Waals surface area contributed by atoms with E-state index in [2.05, 4.69) is 4.74 Å². The molecule has 2 atom stereocenters. The molecule has 0 saturated carbocycles. The number of aryl methyl sites for hydroxylation is 1. The molecular formula is C12H15ClO3. The van der Waals surface area contributed by atoms with Crippen LogP contribution in [0.25, 0.3) is 0 Å². The first-order valence-corrected chi connectivity index (χ1v) is 5.52. The molecule has 0 amide bonds. The summed E-state index contributed by atoms with van der Waals surface area (Å²) in [6, 6.07) is 9.72. The lowest BCUT2D eigenvalue weighted by atomic mass is 10.1. The molecule has 16 heavy (non-hydrogen) atoms. The third-order valence-electron chi connectivity index (χ3n) is 2.34. The van der Waals surface area contributed by atoms with E-state index in [9.17, 15) is 9.90 Å². The monoisotopic (exact) mass is 242 g/mol. The van der Waals surface area contributed by atoms with Gasteiger partial charge in [0, 0.05) is 0 Å². The van der Waals surface area contributed by atoms with Crippen molar-refractivity contribution in [2.24, 2.45) is 0 Å². The minimum atomic E-state index is -0.992. The SMILES string of the molecule is COC(=O)C(Cl)C(O)CCc1ccccc1. The van der Waals surface area contributed by atoms with Gasteiger partial charge in [0.25, 0.3) is 0 Å². The molecule has 0 radical (unpaired) electrons. The molecule has 3 nitrogen and oxygen atoms in total. The summed E-state index contributed by atoms with van der Waals surface area (Å²) in [5.41, 5.74) is 1.11. The van der Waals surface area contributed by atoms with Crippen molar-refractivity contribution in [1.29, 1.82) is 0 Å². The maximum Gasteiger partial charge on any atom is 0.326 e. The smallest absolute Gasteiger partial charge is 0.326 e. The molecule has 0 aliphatic rings. The maximum atomic E-state index is 11.1. The lowest BCUT2D eigenvalue weighted by Crippen LogP contribution is -2.30. The molecule has 88 valence electrons. The summed E-state index contributed by atoms with van der Waals surface area (Å²) in [7, 11) is 1.25. The van der Waals surface area contributed by atoms with E-state index in [1.807, 2.05) is 30.3 Å². The number of carbonyl (C=O) groups excluding carboxylic acids is 1. The fourth-order valence-corrected chi connectivity index (χ4v) is 1.59. The first-order chi connectivity index (χ1) is 7.65. The summed E-state index contributed by atoms with van der Waals surface area (Å²) >= 11 is 5.72. The fourth-order valence-electron chi connectivity index (χ4n) is 1.38. The molecule has 1 aromatic carbocycles. The molecule has 0 bridgehead atoms. The Bertz CT molecular complexity index is 326. The summed E-state index contributed by atoms with van der Waals surface area (Å²) in [5.74, 6) is -0.595. The largest absolute Gasteiger partial charge is 0.468 e. The Labute approximate surface area is 100.0 Å². The van der Waals surface area contributed by atoms with Crippen molar-refractivity contribution in [3.05, 3.63) is 35.9 Å². The number of benzene rings is 1. The Balaban J connectivity index is 2.41. The molecule has 0 aliphatic carbocycles. The van der Waals surface area contributed by atoms with E-state index < -0.39 is 17.5 Å². The normalized spacial score (nSPS) is 14.2. The molecule has 0 heterocycles. The van der Waals surface area contributed by atoms with Crippen LogP contribution in [0.1, 0.15) is 12.0 Å². The van der Waals surface area contributed by atoms with Crippen LogP contribution in [0, 0.1) is 0 Å². The zero-order valence-corrected chi connectivity index (χ0v) is 9.85. The number of hydrogen-bond acceptors (Lipinski definition) is 3. The van der Waals surface area contributed by atoms with Crippen LogP contribution in [-0.4, -0.2) is 29.7 Å². The minimum Gasteiger partial charge on any atom is -0.468 e. The number of hydrogen-bond donors (Lipinski definition) is 1. The van der Waals surface area contributed by atoms with E-state index in [-0.39, 0.29) is 0 Å². The van der Waals surface area contributed by atoms with Gasteiger partial charge in [-0.15, -0.1) is 11.6 Å². The van der Waals surface area contributed by atoms with Crippen LogP contribution in [0.2, 0.25) is 0 Å². The molecule has 0 aliphatic heterocycles. The number of halogens is 1. The Hall–Kier alpha value is -1.06. The molecule has 0 fully saturated rings. The first-order valence-electron chi connectivity index (χ1n) is 5.09. The van der Waals surface area contributed by atoms with E-state index in [0.29, 0.717) is 12.8 Å². The molecular weight excluding hydrogens is 228 g/mol. The molecule has 2 unspecified atom stereocenters. The molecule has 0 spiro atoms. The topological polar surface area (TPSA) is 46.5 Å². The van der Waals surface area contributed by atoms with Crippen molar-refractivity contribution in [2.75, 3.05) is 7.11 Å². The second-order valence-corrected chi connectivity index (χ2v) is 3.99. The predicted octanol–water partition coefficient (Wildman–Crippen LogP) is 1.76. The van der Waals surface area contributed by atoms with E-state index in [4.69, 9.17) is 11.6 Å². The Morgan fingerprint density at radius 3 is 2.62 bits per heavy atom. The Morgan fingerprint density at radius 2 is 2.06 bits per heavy atom. The number of esters is 1. The second kappa shape index (κ2) is 6.51. The second-order valence-electron chi connectivity index (χ2n) is 3.52. The van der Waals surface area contributed by atoms with Crippen molar-refractivity contribution in [3.63, 3.8) is 0 Å². The van der Waals surface area contributed by atoms with Gasteiger partial charge in [-0.25, -0.2) is 0 Å². The summed E-state index contributed by atoms with van der Waals surface area (Å²) in [6.07, 6.45) is 0.240. The molecule has 1 N–H and O–H groups in total. The minimum absolute atomic E-state index is 0.438.